The highest BCUT2D eigenvalue weighted by atomic mass is 35.5. The summed E-state index contributed by atoms with van der Waals surface area (Å²) in [7, 11) is 0. The lowest BCUT2D eigenvalue weighted by Crippen LogP contribution is -2.26. The zero-order valence-corrected chi connectivity index (χ0v) is 15.3. The predicted octanol–water partition coefficient (Wildman–Crippen LogP) is 6.17. The molecule has 0 saturated heterocycles. The van der Waals surface area contributed by atoms with E-state index in [1.165, 1.54) is 0 Å². The monoisotopic (exact) mass is 346 g/mol. The van der Waals surface area contributed by atoms with Gasteiger partial charge >= 0.3 is 0 Å². The van der Waals surface area contributed by atoms with Crippen molar-refractivity contribution in [1.82, 2.24) is 0 Å². The van der Waals surface area contributed by atoms with Crippen molar-refractivity contribution in [3.8, 4) is 6.07 Å². The first-order valence-electron chi connectivity index (χ1n) is 7.44. The molecule has 0 radical (unpaired) electrons. The van der Waals surface area contributed by atoms with Crippen molar-refractivity contribution in [3.63, 3.8) is 0 Å². The van der Waals surface area contributed by atoms with Crippen molar-refractivity contribution in [2.75, 3.05) is 5.32 Å². The molecule has 1 unspecified atom stereocenters. The molecule has 0 bridgehead atoms. The quantitative estimate of drug-likeness (QED) is 0.721. The molecular formula is C19H20Cl2N2. The highest BCUT2D eigenvalue weighted by Crippen LogP contribution is 2.35. The summed E-state index contributed by atoms with van der Waals surface area (Å²) in [6.45, 7) is 8.31. The van der Waals surface area contributed by atoms with E-state index in [2.05, 4.69) is 32.2 Å². The van der Waals surface area contributed by atoms with Crippen molar-refractivity contribution in [3.05, 3.63) is 63.1 Å². The molecule has 1 atom stereocenters. The molecule has 2 aromatic carbocycles. The lowest BCUT2D eigenvalue weighted by molar-refractivity contribution is 0.633. The first kappa shape index (κ1) is 17.7. The Labute approximate surface area is 148 Å². The van der Waals surface area contributed by atoms with Crippen LogP contribution in [0.2, 0.25) is 10.0 Å². The van der Waals surface area contributed by atoms with Crippen molar-refractivity contribution in [2.24, 2.45) is 0 Å². The Morgan fingerprint density at radius 3 is 2.22 bits per heavy atom. The van der Waals surface area contributed by atoms with Gasteiger partial charge in [-0.15, -0.1) is 0 Å². The van der Waals surface area contributed by atoms with E-state index >= 15 is 0 Å². The number of nitrogens with one attached hydrogen (secondary N) is 1. The Kier molecular flexibility index (Phi) is 5.24. The lowest BCUT2D eigenvalue weighted by atomic mass is 9.91. The van der Waals surface area contributed by atoms with Crippen LogP contribution in [0.3, 0.4) is 0 Å². The second kappa shape index (κ2) is 6.83. The maximum Gasteiger partial charge on any atom is 0.0977 e. The van der Waals surface area contributed by atoms with Gasteiger partial charge in [0.05, 0.1) is 12.0 Å². The summed E-state index contributed by atoms with van der Waals surface area (Å²) >= 11 is 12.4. The van der Waals surface area contributed by atoms with Crippen LogP contribution in [0, 0.1) is 18.3 Å². The van der Waals surface area contributed by atoms with E-state index in [-0.39, 0.29) is 5.54 Å². The van der Waals surface area contributed by atoms with Crippen molar-refractivity contribution in [2.45, 2.75) is 39.2 Å². The van der Waals surface area contributed by atoms with E-state index < -0.39 is 5.92 Å². The molecule has 1 N–H and O–H groups in total. The van der Waals surface area contributed by atoms with Crippen LogP contribution in [-0.2, 0) is 0 Å². The van der Waals surface area contributed by atoms with Gasteiger partial charge in [-0.1, -0.05) is 41.4 Å². The molecule has 0 spiro atoms. The smallest absolute Gasteiger partial charge is 0.0977 e. The standard InChI is InChI=1S/C19H20Cl2N2/c1-12-9-15(17(21)10-18(12)23-19(2,3)4)16(11-22)13-5-7-14(20)8-6-13/h5-10,16,23H,1-4H3. The largest absolute Gasteiger partial charge is 0.380 e. The molecule has 2 nitrogen and oxygen atoms in total. The van der Waals surface area contributed by atoms with E-state index in [0.717, 1.165) is 22.4 Å². The summed E-state index contributed by atoms with van der Waals surface area (Å²) in [6.07, 6.45) is 0. The molecule has 0 aliphatic carbocycles. The van der Waals surface area contributed by atoms with Crippen LogP contribution in [0.5, 0.6) is 0 Å². The van der Waals surface area contributed by atoms with Crippen LogP contribution in [0.25, 0.3) is 0 Å². The van der Waals surface area contributed by atoms with Gasteiger partial charge in [0.15, 0.2) is 0 Å². The molecule has 0 aliphatic rings. The number of anilines is 1. The average molecular weight is 347 g/mol. The maximum atomic E-state index is 9.62. The molecule has 0 amide bonds. The zero-order chi connectivity index (χ0) is 17.2. The maximum absolute atomic E-state index is 9.62. The van der Waals surface area contributed by atoms with Gasteiger partial charge in [-0.05, 0) is 62.6 Å². The first-order chi connectivity index (χ1) is 10.7. The van der Waals surface area contributed by atoms with E-state index in [1.54, 1.807) is 12.1 Å². The fraction of sp³-hybridized carbons (Fsp3) is 0.316. The number of halogens is 2. The summed E-state index contributed by atoms with van der Waals surface area (Å²) in [4.78, 5) is 0. The van der Waals surface area contributed by atoms with Crippen LogP contribution in [0.1, 0.15) is 43.4 Å². The number of nitriles is 1. The third-order valence-electron chi connectivity index (χ3n) is 3.50. The molecule has 0 aromatic heterocycles. The fourth-order valence-electron chi connectivity index (χ4n) is 2.44. The molecule has 0 saturated carbocycles. The number of benzene rings is 2. The second-order valence-corrected chi connectivity index (χ2v) is 7.52. The number of rotatable bonds is 3. The summed E-state index contributed by atoms with van der Waals surface area (Å²) in [6, 6.07) is 13.5. The second-order valence-electron chi connectivity index (χ2n) is 6.68. The number of nitrogens with zero attached hydrogens (tertiary/aromatic N) is 1. The van der Waals surface area contributed by atoms with E-state index in [4.69, 9.17) is 23.2 Å². The Balaban J connectivity index is 2.44. The van der Waals surface area contributed by atoms with Gasteiger partial charge in [-0.2, -0.15) is 5.26 Å². The predicted molar refractivity (Wildman–Crippen MR) is 98.5 cm³/mol. The van der Waals surface area contributed by atoms with Gasteiger partial charge in [-0.25, -0.2) is 0 Å². The van der Waals surface area contributed by atoms with Gasteiger partial charge in [0.2, 0.25) is 0 Å². The highest BCUT2D eigenvalue weighted by Gasteiger charge is 2.19. The summed E-state index contributed by atoms with van der Waals surface area (Å²) in [5, 5.41) is 14.3. The minimum atomic E-state index is -0.415. The topological polar surface area (TPSA) is 35.8 Å². The third kappa shape index (κ3) is 4.41. The van der Waals surface area contributed by atoms with Gasteiger partial charge in [0, 0.05) is 21.3 Å². The van der Waals surface area contributed by atoms with Gasteiger partial charge in [-0.3, -0.25) is 0 Å². The van der Waals surface area contributed by atoms with Crippen LogP contribution >= 0.6 is 23.2 Å². The number of aryl methyl sites for hydroxylation is 1. The van der Waals surface area contributed by atoms with Gasteiger partial charge in [0.1, 0.15) is 0 Å². The summed E-state index contributed by atoms with van der Waals surface area (Å²) in [5.74, 6) is -0.415. The fourth-order valence-corrected chi connectivity index (χ4v) is 2.84. The van der Waals surface area contributed by atoms with Gasteiger partial charge in [0.25, 0.3) is 0 Å². The van der Waals surface area contributed by atoms with E-state index in [1.807, 2.05) is 31.2 Å². The number of hydrogen-bond acceptors (Lipinski definition) is 2. The molecule has 2 aromatic rings. The molecular weight excluding hydrogens is 327 g/mol. The molecule has 0 fully saturated rings. The van der Waals surface area contributed by atoms with E-state index in [9.17, 15) is 5.26 Å². The average Bonchev–Trinajstić information content (AvgIpc) is 2.45. The molecule has 0 aliphatic heterocycles. The Morgan fingerprint density at radius 2 is 1.70 bits per heavy atom. The Bertz CT molecular complexity index is 738. The minimum Gasteiger partial charge on any atom is -0.380 e. The first-order valence-corrected chi connectivity index (χ1v) is 8.20. The third-order valence-corrected chi connectivity index (χ3v) is 4.08. The van der Waals surface area contributed by atoms with Crippen LogP contribution < -0.4 is 5.32 Å². The molecule has 23 heavy (non-hydrogen) atoms. The van der Waals surface area contributed by atoms with Crippen LogP contribution in [-0.4, -0.2) is 5.54 Å². The van der Waals surface area contributed by atoms with Crippen molar-refractivity contribution >= 4 is 28.9 Å². The molecule has 2 rings (SSSR count). The minimum absolute atomic E-state index is 0.0551. The molecule has 120 valence electrons. The molecule has 4 heteroatoms. The Morgan fingerprint density at radius 1 is 1.09 bits per heavy atom. The highest BCUT2D eigenvalue weighted by molar-refractivity contribution is 6.32. The van der Waals surface area contributed by atoms with Crippen molar-refractivity contribution in [1.29, 1.82) is 5.26 Å². The summed E-state index contributed by atoms with van der Waals surface area (Å²) < 4.78 is 0. The zero-order valence-electron chi connectivity index (χ0n) is 13.7. The SMILES string of the molecule is Cc1cc(C(C#N)c2ccc(Cl)cc2)c(Cl)cc1NC(C)(C)C. The van der Waals surface area contributed by atoms with Gasteiger partial charge < -0.3 is 5.32 Å². The molecule has 0 heterocycles. The van der Waals surface area contributed by atoms with Crippen molar-refractivity contribution < 1.29 is 0 Å². The number of hydrogen-bond donors (Lipinski definition) is 1. The normalized spacial score (nSPS) is 12.6. The van der Waals surface area contributed by atoms with E-state index in [0.29, 0.717) is 10.0 Å². The van der Waals surface area contributed by atoms with Crippen LogP contribution in [0.15, 0.2) is 36.4 Å². The lowest BCUT2D eigenvalue weighted by Gasteiger charge is -2.25. The summed E-state index contributed by atoms with van der Waals surface area (Å²) in [5.41, 5.74) is 3.69. The Hall–Kier alpha value is -1.69. The van der Waals surface area contributed by atoms with Crippen LogP contribution in [0.4, 0.5) is 5.69 Å².